The van der Waals surface area contributed by atoms with Crippen LogP contribution in [0.15, 0.2) is 0 Å². The van der Waals surface area contributed by atoms with Crippen LogP contribution in [0.2, 0.25) is 0 Å². The van der Waals surface area contributed by atoms with Crippen molar-refractivity contribution >= 4 is 74.4 Å². The maximum atomic E-state index is 8.25. The topological polar surface area (TPSA) is 46.1 Å². The second-order valence-electron chi connectivity index (χ2n) is 0. The van der Waals surface area contributed by atoms with E-state index in [1.54, 1.807) is 0 Å². The van der Waals surface area contributed by atoms with Gasteiger partial charge in [0.2, 0.25) is 0 Å². The van der Waals surface area contributed by atoms with Crippen molar-refractivity contribution in [3.8, 4) is 0 Å². The molecule has 0 aromatic carbocycles. The minimum Gasteiger partial charge on any atom is 2.00 e. The van der Waals surface area contributed by atoms with E-state index < -0.39 is 0 Å². The molecule has 0 saturated heterocycles. The Morgan fingerprint density at radius 2 is 0.833 bits per heavy atom. The molecule has 0 rings (SSSR count). The molecule has 30 valence electrons. The average Bonchev–Trinajstić information content (AvgIpc) is 1.50. The zero-order valence-electron chi connectivity index (χ0n) is 3.52. The smallest absolute Gasteiger partial charge is 2.00 e. The Bertz CT molecular complexity index is 11.5. The van der Waals surface area contributed by atoms with Crippen LogP contribution in [0, 0.1) is 0 Å². The Labute approximate surface area is 96.9 Å². The van der Waals surface area contributed by atoms with Gasteiger partial charge in [0.1, 0.15) is 0 Å². The predicted octanol–water partition coefficient (Wildman–Crippen LogP) is -3.08. The zero-order valence-corrected chi connectivity index (χ0v) is 4.94. The molecular weight excluding hydrogens is 119 g/mol. The van der Waals surface area contributed by atoms with Gasteiger partial charge in [-0.15, -0.1) is 0 Å². The molecule has 0 bridgehead atoms. The standard InChI is InChI=1S/2CH3O.K.Mg.H/c2*1-2;;;/h2*1H3;;;/q2*-1;;+2;. The largest absolute Gasteiger partial charge is 2.00 e. The molecular formula is C2H7KMgO2. The van der Waals surface area contributed by atoms with Crippen LogP contribution in [0.25, 0.3) is 0 Å². The minimum absolute atomic E-state index is 0. The first-order valence-electron chi connectivity index (χ1n) is 0.816. The summed E-state index contributed by atoms with van der Waals surface area (Å²) in [6, 6.07) is 0. The van der Waals surface area contributed by atoms with E-state index >= 15 is 0 Å². The van der Waals surface area contributed by atoms with Crippen molar-refractivity contribution < 1.29 is 10.2 Å². The van der Waals surface area contributed by atoms with Gasteiger partial charge in [-0.2, -0.15) is 14.2 Å². The molecule has 0 atom stereocenters. The van der Waals surface area contributed by atoms with Crippen molar-refractivity contribution in [1.82, 2.24) is 0 Å². The molecule has 0 fully saturated rings. The van der Waals surface area contributed by atoms with Gasteiger partial charge in [-0.1, -0.05) is 0 Å². The van der Waals surface area contributed by atoms with Gasteiger partial charge < -0.3 is 10.2 Å². The summed E-state index contributed by atoms with van der Waals surface area (Å²) in [7, 11) is 1.50. The van der Waals surface area contributed by atoms with Gasteiger partial charge in [-0.25, -0.2) is 0 Å². The second-order valence-corrected chi connectivity index (χ2v) is 0. The molecule has 0 aromatic heterocycles. The average molecular weight is 126 g/mol. The first-order valence-corrected chi connectivity index (χ1v) is 0.816. The summed E-state index contributed by atoms with van der Waals surface area (Å²) in [6.07, 6.45) is 0. The molecule has 6 heavy (non-hydrogen) atoms. The summed E-state index contributed by atoms with van der Waals surface area (Å²) in [5, 5.41) is 16.5. The van der Waals surface area contributed by atoms with Gasteiger partial charge >= 0.3 is 74.4 Å². The molecule has 0 unspecified atom stereocenters. The van der Waals surface area contributed by atoms with E-state index in [-0.39, 0.29) is 74.4 Å². The molecule has 0 saturated carbocycles. The summed E-state index contributed by atoms with van der Waals surface area (Å²) in [4.78, 5) is 0. The monoisotopic (exact) mass is 126 g/mol. The molecule has 4 heteroatoms. The van der Waals surface area contributed by atoms with Crippen molar-refractivity contribution in [2.45, 2.75) is 0 Å². The van der Waals surface area contributed by atoms with Crippen molar-refractivity contribution in [3.63, 3.8) is 0 Å². The summed E-state index contributed by atoms with van der Waals surface area (Å²) < 4.78 is 0. The SMILES string of the molecule is C[O-].C[O-].[KH].[Mg+2]. The third-order valence-corrected chi connectivity index (χ3v) is 0. The van der Waals surface area contributed by atoms with Crippen LogP contribution in [0.3, 0.4) is 0 Å². The molecule has 0 N–H and O–H groups in total. The van der Waals surface area contributed by atoms with Crippen molar-refractivity contribution in [2.24, 2.45) is 0 Å². The minimum atomic E-state index is 0. The van der Waals surface area contributed by atoms with Crippen LogP contribution in [-0.4, -0.2) is 88.7 Å². The fourth-order valence-electron chi connectivity index (χ4n) is 0. The fourth-order valence-corrected chi connectivity index (χ4v) is 0. The van der Waals surface area contributed by atoms with Gasteiger partial charge in [0.25, 0.3) is 0 Å². The Morgan fingerprint density at radius 3 is 0.833 bits per heavy atom. The Balaban J connectivity index is -0.00000000500. The normalized spacial score (nSPS) is 2.00. The maximum absolute atomic E-state index is 8.25. The summed E-state index contributed by atoms with van der Waals surface area (Å²) in [6.45, 7) is 0. The first kappa shape index (κ1) is 23.9. The molecule has 0 spiro atoms. The molecule has 0 heterocycles. The van der Waals surface area contributed by atoms with Crippen molar-refractivity contribution in [3.05, 3.63) is 0 Å². The number of hydrogen-bond acceptors (Lipinski definition) is 2. The molecule has 0 aliphatic carbocycles. The molecule has 2 nitrogen and oxygen atoms in total. The Kier molecular flexibility index (Phi) is 216. The van der Waals surface area contributed by atoms with E-state index in [2.05, 4.69) is 0 Å². The zero-order chi connectivity index (χ0) is 4.00. The van der Waals surface area contributed by atoms with Gasteiger partial charge in [0.15, 0.2) is 0 Å². The summed E-state index contributed by atoms with van der Waals surface area (Å²) in [5.74, 6) is 0. The number of hydrogen-bond donors (Lipinski definition) is 0. The van der Waals surface area contributed by atoms with Crippen LogP contribution in [0.1, 0.15) is 0 Å². The van der Waals surface area contributed by atoms with E-state index in [9.17, 15) is 0 Å². The molecule has 0 aliphatic rings. The molecule has 0 radical (unpaired) electrons. The van der Waals surface area contributed by atoms with Crippen LogP contribution in [-0.2, 0) is 0 Å². The van der Waals surface area contributed by atoms with E-state index in [1.807, 2.05) is 0 Å². The van der Waals surface area contributed by atoms with Gasteiger partial charge in [-0.05, 0) is 0 Å². The third kappa shape index (κ3) is 33.2. The third-order valence-electron chi connectivity index (χ3n) is 0. The molecule has 0 aromatic rings. The van der Waals surface area contributed by atoms with Gasteiger partial charge in [0, 0.05) is 0 Å². The number of rotatable bonds is 0. The summed E-state index contributed by atoms with van der Waals surface area (Å²) in [5.41, 5.74) is 0. The summed E-state index contributed by atoms with van der Waals surface area (Å²) >= 11 is 0. The second kappa shape index (κ2) is 54.3. The molecule has 0 amide bonds. The Morgan fingerprint density at radius 1 is 0.833 bits per heavy atom. The van der Waals surface area contributed by atoms with Crippen LogP contribution in [0.5, 0.6) is 0 Å². The van der Waals surface area contributed by atoms with Crippen molar-refractivity contribution in [1.29, 1.82) is 0 Å². The van der Waals surface area contributed by atoms with Crippen LogP contribution < -0.4 is 10.2 Å². The predicted molar refractivity (Wildman–Crippen MR) is 24.8 cm³/mol. The van der Waals surface area contributed by atoms with Gasteiger partial charge in [0.05, 0.1) is 0 Å². The van der Waals surface area contributed by atoms with E-state index in [4.69, 9.17) is 10.2 Å². The van der Waals surface area contributed by atoms with E-state index in [1.165, 1.54) is 0 Å². The first-order chi connectivity index (χ1) is 2.00. The maximum Gasteiger partial charge on any atom is 2.00 e. The van der Waals surface area contributed by atoms with Crippen molar-refractivity contribution in [2.75, 3.05) is 14.2 Å². The van der Waals surface area contributed by atoms with Gasteiger partial charge in [-0.3, -0.25) is 0 Å². The van der Waals surface area contributed by atoms with E-state index in [0.29, 0.717) is 0 Å². The van der Waals surface area contributed by atoms with Crippen LogP contribution in [0.4, 0.5) is 0 Å². The van der Waals surface area contributed by atoms with E-state index in [0.717, 1.165) is 14.2 Å². The van der Waals surface area contributed by atoms with Crippen LogP contribution >= 0.6 is 0 Å². The molecule has 0 aliphatic heterocycles. The quantitative estimate of drug-likeness (QED) is 0.323. The fraction of sp³-hybridized carbons (Fsp3) is 1.00. The Hall–Kier alpha value is 2.32.